The monoisotopic (exact) mass is 309 g/mol. The summed E-state index contributed by atoms with van der Waals surface area (Å²) >= 11 is 5.87. The first kappa shape index (κ1) is 15.1. The molecule has 0 bridgehead atoms. The van der Waals surface area contributed by atoms with Crippen LogP contribution >= 0.6 is 11.6 Å². The van der Waals surface area contributed by atoms with Gasteiger partial charge < -0.3 is 14.8 Å². The van der Waals surface area contributed by atoms with Gasteiger partial charge in [0, 0.05) is 11.1 Å². The molecular weight excluding hydrogens is 297 g/mol. The molecule has 6 heteroatoms. The van der Waals surface area contributed by atoms with Crippen LogP contribution in [0, 0.1) is 5.82 Å². The number of nitrogens with one attached hydrogen (secondary N) is 1. The number of carbonyl (C=O) groups is 1. The fourth-order valence-electron chi connectivity index (χ4n) is 1.67. The highest BCUT2D eigenvalue weighted by molar-refractivity contribution is 6.31. The van der Waals surface area contributed by atoms with Crippen molar-refractivity contribution in [1.82, 2.24) is 0 Å². The first-order valence-corrected chi connectivity index (χ1v) is 6.48. The summed E-state index contributed by atoms with van der Waals surface area (Å²) in [5, 5.41) is 3.09. The number of methoxy groups -OCH3 is 1. The van der Waals surface area contributed by atoms with Gasteiger partial charge in [-0.2, -0.15) is 0 Å². The maximum Gasteiger partial charge on any atom is 0.262 e. The van der Waals surface area contributed by atoms with Crippen LogP contribution in [0.4, 0.5) is 10.1 Å². The maximum absolute atomic E-state index is 13.0. The second kappa shape index (κ2) is 6.95. The SMILES string of the molecule is COc1ccc(Cl)cc1NC(=O)COc1cccc(F)c1. The van der Waals surface area contributed by atoms with Gasteiger partial charge in [-0.05, 0) is 30.3 Å². The number of rotatable bonds is 5. The highest BCUT2D eigenvalue weighted by Gasteiger charge is 2.09. The largest absolute Gasteiger partial charge is 0.495 e. The Balaban J connectivity index is 1.97. The third-order valence-electron chi connectivity index (χ3n) is 2.60. The Kier molecular flexibility index (Phi) is 5.00. The molecule has 0 saturated carbocycles. The van der Waals surface area contributed by atoms with Crippen LogP contribution in [0.5, 0.6) is 11.5 Å². The summed E-state index contributed by atoms with van der Waals surface area (Å²) < 4.78 is 23.3. The molecule has 0 aromatic heterocycles. The van der Waals surface area contributed by atoms with Crippen molar-refractivity contribution >= 4 is 23.2 Å². The van der Waals surface area contributed by atoms with Crippen molar-refractivity contribution in [1.29, 1.82) is 0 Å². The standard InChI is InChI=1S/C15H13ClFNO3/c1-20-14-6-5-10(16)7-13(14)18-15(19)9-21-12-4-2-3-11(17)8-12/h2-8H,9H2,1H3,(H,18,19). The molecule has 21 heavy (non-hydrogen) atoms. The van der Waals surface area contributed by atoms with Crippen LogP contribution in [0.3, 0.4) is 0 Å². The smallest absolute Gasteiger partial charge is 0.262 e. The van der Waals surface area contributed by atoms with Crippen LogP contribution in [0.2, 0.25) is 5.02 Å². The lowest BCUT2D eigenvalue weighted by Crippen LogP contribution is -2.20. The van der Waals surface area contributed by atoms with Gasteiger partial charge in [0.15, 0.2) is 6.61 Å². The maximum atomic E-state index is 13.0. The average molecular weight is 310 g/mol. The molecule has 0 fully saturated rings. The Labute approximate surface area is 126 Å². The van der Waals surface area contributed by atoms with Crippen molar-refractivity contribution in [2.24, 2.45) is 0 Å². The molecule has 1 N–H and O–H groups in total. The van der Waals surface area contributed by atoms with Crippen LogP contribution < -0.4 is 14.8 Å². The van der Waals surface area contributed by atoms with E-state index in [2.05, 4.69) is 5.32 Å². The van der Waals surface area contributed by atoms with E-state index >= 15 is 0 Å². The van der Waals surface area contributed by atoms with E-state index in [1.807, 2.05) is 0 Å². The third kappa shape index (κ3) is 4.36. The molecule has 0 aliphatic carbocycles. The number of hydrogen-bond acceptors (Lipinski definition) is 3. The van der Waals surface area contributed by atoms with Crippen molar-refractivity contribution in [2.45, 2.75) is 0 Å². The minimum Gasteiger partial charge on any atom is -0.495 e. The van der Waals surface area contributed by atoms with E-state index in [0.29, 0.717) is 16.5 Å². The van der Waals surface area contributed by atoms with E-state index in [1.54, 1.807) is 24.3 Å². The van der Waals surface area contributed by atoms with Crippen LogP contribution in [-0.2, 0) is 4.79 Å². The number of halogens is 2. The summed E-state index contributed by atoms with van der Waals surface area (Å²) in [5.41, 5.74) is 0.442. The molecule has 0 atom stereocenters. The second-order valence-corrected chi connectivity index (χ2v) is 4.58. The number of hydrogen-bond donors (Lipinski definition) is 1. The molecule has 0 saturated heterocycles. The molecule has 0 spiro atoms. The second-order valence-electron chi connectivity index (χ2n) is 4.14. The predicted octanol–water partition coefficient (Wildman–Crippen LogP) is 3.51. The quantitative estimate of drug-likeness (QED) is 0.919. The van der Waals surface area contributed by atoms with E-state index in [1.165, 1.54) is 25.3 Å². The van der Waals surface area contributed by atoms with Crippen LogP contribution in [0.15, 0.2) is 42.5 Å². The zero-order valence-corrected chi connectivity index (χ0v) is 12.0. The normalized spacial score (nSPS) is 10.0. The van der Waals surface area contributed by atoms with Gasteiger partial charge in [-0.25, -0.2) is 4.39 Å². The molecule has 2 aromatic carbocycles. The van der Waals surface area contributed by atoms with Crippen LogP contribution in [-0.4, -0.2) is 19.6 Å². The van der Waals surface area contributed by atoms with Crippen molar-refractivity contribution < 1.29 is 18.7 Å². The van der Waals surface area contributed by atoms with Gasteiger partial charge in [-0.1, -0.05) is 17.7 Å². The summed E-state index contributed by atoms with van der Waals surface area (Å²) in [4.78, 5) is 11.8. The van der Waals surface area contributed by atoms with E-state index in [9.17, 15) is 9.18 Å². The van der Waals surface area contributed by atoms with E-state index in [-0.39, 0.29) is 12.4 Å². The zero-order valence-electron chi connectivity index (χ0n) is 11.2. The van der Waals surface area contributed by atoms with Gasteiger partial charge in [-0.3, -0.25) is 4.79 Å². The number of anilines is 1. The Bertz CT molecular complexity index is 649. The van der Waals surface area contributed by atoms with Gasteiger partial charge in [0.25, 0.3) is 5.91 Å². The number of carbonyl (C=O) groups excluding carboxylic acids is 1. The molecule has 110 valence electrons. The van der Waals surface area contributed by atoms with Crippen molar-refractivity contribution in [3.05, 3.63) is 53.3 Å². The minimum atomic E-state index is -0.426. The Hall–Kier alpha value is -2.27. The zero-order chi connectivity index (χ0) is 15.2. The van der Waals surface area contributed by atoms with Gasteiger partial charge in [0.2, 0.25) is 0 Å². The summed E-state index contributed by atoms with van der Waals surface area (Å²) in [5.74, 6) is -0.0639. The van der Waals surface area contributed by atoms with Gasteiger partial charge in [-0.15, -0.1) is 0 Å². The van der Waals surface area contributed by atoms with E-state index in [4.69, 9.17) is 21.1 Å². The van der Waals surface area contributed by atoms with Gasteiger partial charge in [0.1, 0.15) is 17.3 Å². The lowest BCUT2D eigenvalue weighted by atomic mass is 10.3. The highest BCUT2D eigenvalue weighted by Crippen LogP contribution is 2.27. The molecule has 0 radical (unpaired) electrons. The summed E-state index contributed by atoms with van der Waals surface area (Å²) in [6, 6.07) is 10.4. The lowest BCUT2D eigenvalue weighted by molar-refractivity contribution is -0.118. The van der Waals surface area contributed by atoms with Crippen molar-refractivity contribution in [3.63, 3.8) is 0 Å². The predicted molar refractivity (Wildman–Crippen MR) is 78.5 cm³/mol. The van der Waals surface area contributed by atoms with Gasteiger partial charge >= 0.3 is 0 Å². The van der Waals surface area contributed by atoms with Crippen molar-refractivity contribution in [2.75, 3.05) is 19.0 Å². The van der Waals surface area contributed by atoms with Gasteiger partial charge in [0.05, 0.1) is 12.8 Å². The lowest BCUT2D eigenvalue weighted by Gasteiger charge is -2.11. The fourth-order valence-corrected chi connectivity index (χ4v) is 1.84. The highest BCUT2D eigenvalue weighted by atomic mass is 35.5. The van der Waals surface area contributed by atoms with Crippen LogP contribution in [0.25, 0.3) is 0 Å². The first-order valence-electron chi connectivity index (χ1n) is 6.10. The molecule has 2 aromatic rings. The molecular formula is C15H13ClFNO3. The molecule has 0 aliphatic heterocycles. The summed E-state index contributed by atoms with van der Waals surface area (Å²) in [6.07, 6.45) is 0. The molecule has 1 amide bonds. The molecule has 0 aliphatic rings. The fraction of sp³-hybridized carbons (Fsp3) is 0.133. The van der Waals surface area contributed by atoms with E-state index < -0.39 is 11.7 Å². The first-order chi connectivity index (χ1) is 10.1. The number of ether oxygens (including phenoxy) is 2. The Morgan fingerprint density at radius 2 is 2.10 bits per heavy atom. The number of amides is 1. The third-order valence-corrected chi connectivity index (χ3v) is 2.84. The Morgan fingerprint density at radius 1 is 1.29 bits per heavy atom. The molecule has 2 rings (SSSR count). The van der Waals surface area contributed by atoms with E-state index in [0.717, 1.165) is 0 Å². The number of benzene rings is 2. The minimum absolute atomic E-state index is 0.251. The average Bonchev–Trinajstić information content (AvgIpc) is 2.45. The topological polar surface area (TPSA) is 47.6 Å². The van der Waals surface area contributed by atoms with Crippen molar-refractivity contribution in [3.8, 4) is 11.5 Å². The van der Waals surface area contributed by atoms with Crippen LogP contribution in [0.1, 0.15) is 0 Å². The molecule has 0 unspecified atom stereocenters. The molecule has 4 nitrogen and oxygen atoms in total. The molecule has 0 heterocycles. The summed E-state index contributed by atoms with van der Waals surface area (Å²) in [6.45, 7) is -0.251. The Morgan fingerprint density at radius 3 is 2.81 bits per heavy atom. The summed E-state index contributed by atoms with van der Waals surface area (Å²) in [7, 11) is 1.49.